The minimum absolute atomic E-state index is 0.465. The third kappa shape index (κ3) is 4.11. The van der Waals surface area contributed by atoms with Gasteiger partial charge in [0.15, 0.2) is 9.84 Å². The maximum atomic E-state index is 11.2. The maximum absolute atomic E-state index is 11.2. The predicted octanol–water partition coefficient (Wildman–Crippen LogP) is 0.541. The maximum Gasteiger partial charge on any atom is 0.239 e. The summed E-state index contributed by atoms with van der Waals surface area (Å²) in [6.45, 7) is 0. The van der Waals surface area contributed by atoms with Crippen LogP contribution in [0.25, 0.3) is 0 Å². The van der Waals surface area contributed by atoms with Crippen LogP contribution in [0.5, 0.6) is 0 Å². The molecule has 0 aromatic heterocycles. The quantitative estimate of drug-likeness (QED) is 0.832. The number of sulfone groups is 1. The number of nitrogens with zero attached hydrogens (tertiary/aromatic N) is 1. The van der Waals surface area contributed by atoms with Crippen LogP contribution in [0.3, 0.4) is 0 Å². The number of nitriles is 1. The number of hydrogen-bond donors (Lipinski definition) is 1. The molecule has 16 heavy (non-hydrogen) atoms. The zero-order valence-electron chi connectivity index (χ0n) is 8.60. The molecule has 1 aromatic rings. The fourth-order valence-electron chi connectivity index (χ4n) is 1.06. The molecule has 0 aliphatic rings. The topological polar surface area (TPSA) is 87.0 Å². The van der Waals surface area contributed by atoms with E-state index in [1.807, 2.05) is 6.07 Å². The van der Waals surface area contributed by atoms with Crippen LogP contribution in [0.4, 0.5) is 5.69 Å². The molecule has 1 aromatic carbocycles. The van der Waals surface area contributed by atoms with Crippen molar-refractivity contribution in [2.45, 2.75) is 0 Å². The Morgan fingerprint density at radius 1 is 1.38 bits per heavy atom. The number of amides is 1. The minimum Gasteiger partial charge on any atom is -0.325 e. The SMILES string of the molecule is CS(=O)(=O)CC(=O)Nc1ccc(C#N)cc1. The van der Waals surface area contributed by atoms with E-state index >= 15 is 0 Å². The smallest absolute Gasteiger partial charge is 0.239 e. The van der Waals surface area contributed by atoms with E-state index in [-0.39, 0.29) is 0 Å². The predicted molar refractivity (Wildman–Crippen MR) is 59.5 cm³/mol. The van der Waals surface area contributed by atoms with Gasteiger partial charge < -0.3 is 5.32 Å². The lowest BCUT2D eigenvalue weighted by molar-refractivity contribution is -0.113. The van der Waals surface area contributed by atoms with E-state index in [4.69, 9.17) is 5.26 Å². The molecule has 1 rings (SSSR count). The van der Waals surface area contributed by atoms with Crippen molar-refractivity contribution < 1.29 is 13.2 Å². The highest BCUT2D eigenvalue weighted by Gasteiger charge is 2.10. The number of rotatable bonds is 3. The van der Waals surface area contributed by atoms with Gasteiger partial charge in [-0.3, -0.25) is 4.79 Å². The van der Waals surface area contributed by atoms with Crippen molar-refractivity contribution >= 4 is 21.4 Å². The Kier molecular flexibility index (Phi) is 3.64. The molecule has 0 radical (unpaired) electrons. The van der Waals surface area contributed by atoms with E-state index in [2.05, 4.69) is 5.32 Å². The average molecular weight is 238 g/mol. The summed E-state index contributed by atoms with van der Waals surface area (Å²) in [5, 5.41) is 11.0. The summed E-state index contributed by atoms with van der Waals surface area (Å²) in [6, 6.07) is 8.09. The van der Waals surface area contributed by atoms with Gasteiger partial charge in [-0.1, -0.05) is 0 Å². The largest absolute Gasteiger partial charge is 0.325 e. The first-order chi connectivity index (χ1) is 7.40. The van der Waals surface area contributed by atoms with Crippen LogP contribution in [0, 0.1) is 11.3 Å². The lowest BCUT2D eigenvalue weighted by Crippen LogP contribution is -2.21. The highest BCUT2D eigenvalue weighted by atomic mass is 32.2. The van der Waals surface area contributed by atoms with E-state index in [1.54, 1.807) is 12.1 Å². The van der Waals surface area contributed by atoms with Crippen molar-refractivity contribution in [3.8, 4) is 6.07 Å². The van der Waals surface area contributed by atoms with Gasteiger partial charge in [0.25, 0.3) is 0 Å². The van der Waals surface area contributed by atoms with Gasteiger partial charge in [-0.2, -0.15) is 5.26 Å². The molecular formula is C10H10N2O3S. The Morgan fingerprint density at radius 3 is 2.38 bits per heavy atom. The summed E-state index contributed by atoms with van der Waals surface area (Å²) in [4.78, 5) is 11.2. The van der Waals surface area contributed by atoms with Gasteiger partial charge in [-0.15, -0.1) is 0 Å². The van der Waals surface area contributed by atoms with Crippen molar-refractivity contribution in [3.63, 3.8) is 0 Å². The van der Waals surface area contributed by atoms with Crippen LogP contribution in [0.15, 0.2) is 24.3 Å². The van der Waals surface area contributed by atoms with Gasteiger partial charge in [-0.05, 0) is 24.3 Å². The summed E-state index contributed by atoms with van der Waals surface area (Å²) >= 11 is 0. The standard InChI is InChI=1S/C10H10N2O3S/c1-16(14,15)7-10(13)12-9-4-2-8(6-11)3-5-9/h2-5H,7H2,1H3,(H,12,13). The van der Waals surface area contributed by atoms with Crippen LogP contribution >= 0.6 is 0 Å². The summed E-state index contributed by atoms with van der Waals surface area (Å²) in [6.07, 6.45) is 0.991. The molecule has 0 aliphatic carbocycles. The number of carbonyl (C=O) groups excluding carboxylic acids is 1. The third-order valence-corrected chi connectivity index (χ3v) is 2.48. The van der Waals surface area contributed by atoms with Crippen LogP contribution in [0.2, 0.25) is 0 Å². The van der Waals surface area contributed by atoms with Gasteiger partial charge in [0.1, 0.15) is 5.75 Å². The molecule has 6 heteroatoms. The van der Waals surface area contributed by atoms with Gasteiger partial charge in [0.2, 0.25) is 5.91 Å². The fraction of sp³-hybridized carbons (Fsp3) is 0.200. The highest BCUT2D eigenvalue weighted by molar-refractivity contribution is 7.91. The van der Waals surface area contributed by atoms with Crippen molar-refractivity contribution in [3.05, 3.63) is 29.8 Å². The molecule has 0 saturated carbocycles. The molecular weight excluding hydrogens is 228 g/mol. The normalized spacial score (nSPS) is 10.5. The fourth-order valence-corrected chi connectivity index (χ4v) is 1.61. The molecule has 0 fully saturated rings. The van der Waals surface area contributed by atoms with Gasteiger partial charge in [0.05, 0.1) is 11.6 Å². The van der Waals surface area contributed by atoms with Crippen molar-refractivity contribution in [2.75, 3.05) is 17.3 Å². The van der Waals surface area contributed by atoms with E-state index in [1.165, 1.54) is 12.1 Å². The Balaban J connectivity index is 2.68. The molecule has 84 valence electrons. The zero-order valence-corrected chi connectivity index (χ0v) is 9.41. The average Bonchev–Trinajstić information content (AvgIpc) is 2.16. The molecule has 0 unspecified atom stereocenters. The molecule has 0 atom stereocenters. The zero-order chi connectivity index (χ0) is 12.2. The summed E-state index contributed by atoms with van der Waals surface area (Å²) in [5.74, 6) is -1.14. The summed E-state index contributed by atoms with van der Waals surface area (Å²) in [7, 11) is -3.32. The highest BCUT2D eigenvalue weighted by Crippen LogP contribution is 2.08. The van der Waals surface area contributed by atoms with Crippen molar-refractivity contribution in [2.24, 2.45) is 0 Å². The van der Waals surface area contributed by atoms with Gasteiger partial charge in [0, 0.05) is 11.9 Å². The van der Waals surface area contributed by atoms with Crippen LogP contribution < -0.4 is 5.32 Å². The second-order valence-corrected chi connectivity index (χ2v) is 5.45. The molecule has 0 saturated heterocycles. The van der Waals surface area contributed by atoms with E-state index in [0.717, 1.165) is 6.26 Å². The van der Waals surface area contributed by atoms with Gasteiger partial charge >= 0.3 is 0 Å². The first kappa shape index (κ1) is 12.2. The van der Waals surface area contributed by atoms with Crippen LogP contribution in [0.1, 0.15) is 5.56 Å². The molecule has 0 aliphatic heterocycles. The van der Waals surface area contributed by atoms with Gasteiger partial charge in [-0.25, -0.2) is 8.42 Å². The number of anilines is 1. The van der Waals surface area contributed by atoms with Crippen molar-refractivity contribution in [1.29, 1.82) is 5.26 Å². The lowest BCUT2D eigenvalue weighted by Gasteiger charge is -2.03. The Labute approximate surface area is 93.6 Å². The van der Waals surface area contributed by atoms with Crippen LogP contribution in [-0.4, -0.2) is 26.3 Å². The summed E-state index contributed by atoms with van der Waals surface area (Å²) < 4.78 is 21.7. The number of hydrogen-bond acceptors (Lipinski definition) is 4. The van der Waals surface area contributed by atoms with E-state index in [9.17, 15) is 13.2 Å². The van der Waals surface area contributed by atoms with E-state index in [0.29, 0.717) is 11.3 Å². The second-order valence-electron chi connectivity index (χ2n) is 3.31. The number of carbonyl (C=O) groups is 1. The first-order valence-electron chi connectivity index (χ1n) is 4.38. The van der Waals surface area contributed by atoms with Crippen molar-refractivity contribution in [1.82, 2.24) is 0 Å². The number of nitrogens with one attached hydrogen (secondary N) is 1. The molecule has 0 bridgehead atoms. The first-order valence-corrected chi connectivity index (χ1v) is 6.44. The third-order valence-electron chi connectivity index (χ3n) is 1.69. The molecule has 0 heterocycles. The Hall–Kier alpha value is -1.87. The molecule has 1 N–H and O–H groups in total. The summed E-state index contributed by atoms with van der Waals surface area (Å²) in [5.41, 5.74) is 0.939. The molecule has 5 nitrogen and oxygen atoms in total. The van der Waals surface area contributed by atoms with Crippen LogP contribution in [-0.2, 0) is 14.6 Å². The molecule has 0 spiro atoms. The Morgan fingerprint density at radius 2 is 1.94 bits per heavy atom. The minimum atomic E-state index is -3.32. The Bertz CT molecular complexity index is 526. The monoisotopic (exact) mass is 238 g/mol. The lowest BCUT2D eigenvalue weighted by atomic mass is 10.2. The number of benzene rings is 1. The second kappa shape index (κ2) is 4.77. The molecule has 1 amide bonds. The van der Waals surface area contributed by atoms with E-state index < -0.39 is 21.5 Å².